The van der Waals surface area contributed by atoms with Gasteiger partial charge in [0.2, 0.25) is 0 Å². The summed E-state index contributed by atoms with van der Waals surface area (Å²) in [7, 11) is 2.28. The molecule has 1 aromatic heterocycles. The topological polar surface area (TPSA) is 74.4 Å². The quantitative estimate of drug-likeness (QED) is 0.836. The largest absolute Gasteiger partial charge is 0.494 e. The zero-order chi connectivity index (χ0) is 14.6. The maximum atomic E-state index is 12.6. The lowest BCUT2D eigenvalue weighted by Gasteiger charge is -2.13. The van der Waals surface area contributed by atoms with E-state index in [0.717, 1.165) is 19.4 Å². The lowest BCUT2D eigenvalue weighted by Crippen LogP contribution is -2.33. The van der Waals surface area contributed by atoms with Gasteiger partial charge < -0.3 is 15.2 Å². The van der Waals surface area contributed by atoms with E-state index in [1.807, 2.05) is 0 Å². The number of carbonyl (C=O) groups is 1. The molecule has 19 heavy (non-hydrogen) atoms. The molecule has 0 amide bonds. The first-order chi connectivity index (χ1) is 8.79. The summed E-state index contributed by atoms with van der Waals surface area (Å²) in [5.41, 5.74) is 4.74. The highest BCUT2D eigenvalue weighted by molar-refractivity contribution is 5.75. The van der Waals surface area contributed by atoms with Crippen LogP contribution in [0.2, 0.25) is 0 Å². The van der Waals surface area contributed by atoms with Crippen LogP contribution >= 0.6 is 0 Å². The van der Waals surface area contributed by atoms with Crippen LogP contribution in [0, 0.1) is 0 Å². The zero-order valence-corrected chi connectivity index (χ0v) is 10.3. The molecule has 0 radical (unpaired) electrons. The molecule has 106 valence electrons. The van der Waals surface area contributed by atoms with Gasteiger partial charge in [-0.1, -0.05) is 0 Å². The Morgan fingerprint density at radius 1 is 1.47 bits per heavy atom. The van der Waals surface area contributed by atoms with Crippen LogP contribution in [0.25, 0.3) is 0 Å². The van der Waals surface area contributed by atoms with Gasteiger partial charge in [0.25, 0.3) is 0 Å². The number of nitrogens with two attached hydrogens (primary N) is 1. The average molecular weight is 278 g/mol. The van der Waals surface area contributed by atoms with Gasteiger partial charge in [-0.2, -0.15) is 13.2 Å². The summed E-state index contributed by atoms with van der Waals surface area (Å²) in [4.78, 5) is 14.4. The number of hydrogen-bond acceptors (Lipinski definition) is 5. The number of methoxy groups -OCH3 is 2. The molecule has 0 saturated heterocycles. The van der Waals surface area contributed by atoms with Crippen molar-refractivity contribution >= 4 is 5.97 Å². The molecule has 0 aliphatic rings. The van der Waals surface area contributed by atoms with E-state index in [9.17, 15) is 18.0 Å². The molecule has 0 saturated carbocycles. The van der Waals surface area contributed by atoms with Crippen LogP contribution in [-0.2, 0) is 22.1 Å². The van der Waals surface area contributed by atoms with Crippen LogP contribution in [0.5, 0.6) is 5.75 Å². The third-order valence-corrected chi connectivity index (χ3v) is 2.36. The van der Waals surface area contributed by atoms with Crippen molar-refractivity contribution in [1.82, 2.24) is 4.98 Å². The number of ether oxygens (including phenoxy) is 2. The van der Waals surface area contributed by atoms with E-state index >= 15 is 0 Å². The molecule has 0 fully saturated rings. The number of alkyl halides is 3. The number of esters is 1. The molecule has 2 N–H and O–H groups in total. The van der Waals surface area contributed by atoms with Crippen molar-refractivity contribution in [3.8, 4) is 5.75 Å². The molecule has 1 aromatic rings. The molecule has 0 spiro atoms. The Hall–Kier alpha value is -1.83. The van der Waals surface area contributed by atoms with Gasteiger partial charge in [0, 0.05) is 6.20 Å². The fourth-order valence-electron chi connectivity index (χ4n) is 1.45. The number of hydrogen-bond donors (Lipinski definition) is 1. The number of aromatic nitrogens is 1. The van der Waals surface area contributed by atoms with E-state index in [1.165, 1.54) is 7.11 Å². The second kappa shape index (κ2) is 5.87. The summed E-state index contributed by atoms with van der Waals surface area (Å²) in [6.07, 6.45) is -3.59. The third kappa shape index (κ3) is 3.82. The summed E-state index contributed by atoms with van der Waals surface area (Å²) in [5, 5.41) is 0. The van der Waals surface area contributed by atoms with E-state index in [1.54, 1.807) is 0 Å². The monoisotopic (exact) mass is 278 g/mol. The standard InChI is InChI=1S/C11H13F3N2O3/c1-18-8-4-6(3-7(15)10(17)19-2)5-16-9(8)11(12,13)14/h4-5,7H,3,15H2,1-2H3/t7-/m0/s1. The van der Waals surface area contributed by atoms with E-state index in [0.29, 0.717) is 5.56 Å². The maximum Gasteiger partial charge on any atom is 0.437 e. The van der Waals surface area contributed by atoms with Crippen molar-refractivity contribution in [2.75, 3.05) is 14.2 Å². The smallest absolute Gasteiger partial charge is 0.437 e. The first-order valence-electron chi connectivity index (χ1n) is 5.23. The predicted octanol–water partition coefficient (Wildman–Crippen LogP) is 1.15. The number of pyridine rings is 1. The normalized spacial score (nSPS) is 12.9. The minimum absolute atomic E-state index is 0.00811. The average Bonchev–Trinajstić information content (AvgIpc) is 2.36. The van der Waals surface area contributed by atoms with Gasteiger partial charge in [-0.3, -0.25) is 4.79 Å². The van der Waals surface area contributed by atoms with Gasteiger partial charge >= 0.3 is 12.1 Å². The number of rotatable bonds is 4. The first-order valence-corrected chi connectivity index (χ1v) is 5.23. The Kier molecular flexibility index (Phi) is 4.71. The van der Waals surface area contributed by atoms with Crippen molar-refractivity contribution in [1.29, 1.82) is 0 Å². The minimum atomic E-state index is -4.60. The summed E-state index contributed by atoms with van der Waals surface area (Å²) in [6.45, 7) is 0. The maximum absolute atomic E-state index is 12.6. The summed E-state index contributed by atoms with van der Waals surface area (Å²) < 4.78 is 46.8. The van der Waals surface area contributed by atoms with Crippen molar-refractivity contribution in [2.45, 2.75) is 18.6 Å². The van der Waals surface area contributed by atoms with Gasteiger partial charge in [-0.15, -0.1) is 0 Å². The van der Waals surface area contributed by atoms with Crippen molar-refractivity contribution < 1.29 is 27.4 Å². The number of carbonyl (C=O) groups excluding carboxylic acids is 1. The molecule has 0 aliphatic heterocycles. The van der Waals surface area contributed by atoms with Gasteiger partial charge in [0.1, 0.15) is 11.8 Å². The molecular weight excluding hydrogens is 265 g/mol. The van der Waals surface area contributed by atoms with Gasteiger partial charge in [0.15, 0.2) is 5.69 Å². The van der Waals surface area contributed by atoms with E-state index in [4.69, 9.17) is 5.73 Å². The molecule has 8 heteroatoms. The Labute approximate surface area is 107 Å². The van der Waals surface area contributed by atoms with Crippen LogP contribution in [-0.4, -0.2) is 31.2 Å². The summed E-state index contributed by atoms with van der Waals surface area (Å²) in [5.74, 6) is -1.07. The lowest BCUT2D eigenvalue weighted by atomic mass is 10.1. The zero-order valence-electron chi connectivity index (χ0n) is 10.3. The highest BCUT2D eigenvalue weighted by atomic mass is 19.4. The molecule has 0 unspecified atom stereocenters. The van der Waals surface area contributed by atoms with Gasteiger partial charge in [0.05, 0.1) is 14.2 Å². The number of halogens is 3. The van der Waals surface area contributed by atoms with Crippen LogP contribution in [0.3, 0.4) is 0 Å². The Morgan fingerprint density at radius 2 is 2.11 bits per heavy atom. The van der Waals surface area contributed by atoms with Crippen LogP contribution in [0.1, 0.15) is 11.3 Å². The lowest BCUT2D eigenvalue weighted by molar-refractivity contribution is -0.143. The van der Waals surface area contributed by atoms with Crippen LogP contribution in [0.15, 0.2) is 12.3 Å². The first kappa shape index (κ1) is 15.2. The molecule has 0 aliphatic carbocycles. The molecule has 0 aromatic carbocycles. The van der Waals surface area contributed by atoms with Crippen molar-refractivity contribution in [2.24, 2.45) is 5.73 Å². The fourth-order valence-corrected chi connectivity index (χ4v) is 1.45. The molecule has 5 nitrogen and oxygen atoms in total. The minimum Gasteiger partial charge on any atom is -0.494 e. The molecule has 0 bridgehead atoms. The van der Waals surface area contributed by atoms with Gasteiger partial charge in [-0.25, -0.2) is 4.98 Å². The van der Waals surface area contributed by atoms with E-state index in [-0.39, 0.29) is 6.42 Å². The fraction of sp³-hybridized carbons (Fsp3) is 0.455. The summed E-state index contributed by atoms with van der Waals surface area (Å²) in [6, 6.07) is 0.187. The summed E-state index contributed by atoms with van der Waals surface area (Å²) >= 11 is 0. The SMILES string of the molecule is COC(=O)[C@@H](N)Cc1cnc(C(F)(F)F)c(OC)c1. The molecule has 1 atom stereocenters. The van der Waals surface area contributed by atoms with Crippen molar-refractivity contribution in [3.05, 3.63) is 23.5 Å². The Balaban J connectivity index is 2.98. The highest BCUT2D eigenvalue weighted by Crippen LogP contribution is 2.34. The van der Waals surface area contributed by atoms with Crippen LogP contribution < -0.4 is 10.5 Å². The molecule has 1 rings (SSSR count). The number of nitrogens with zero attached hydrogens (tertiary/aromatic N) is 1. The third-order valence-electron chi connectivity index (χ3n) is 2.36. The second-order valence-corrected chi connectivity index (χ2v) is 3.73. The van der Waals surface area contributed by atoms with Crippen molar-refractivity contribution in [3.63, 3.8) is 0 Å². The van der Waals surface area contributed by atoms with Crippen LogP contribution in [0.4, 0.5) is 13.2 Å². The predicted molar refractivity (Wildman–Crippen MR) is 59.5 cm³/mol. The highest BCUT2D eigenvalue weighted by Gasteiger charge is 2.36. The molecule has 1 heterocycles. The Bertz CT molecular complexity index is 463. The van der Waals surface area contributed by atoms with E-state index < -0.39 is 29.6 Å². The Morgan fingerprint density at radius 3 is 2.58 bits per heavy atom. The van der Waals surface area contributed by atoms with Gasteiger partial charge in [-0.05, 0) is 18.1 Å². The second-order valence-electron chi connectivity index (χ2n) is 3.73. The molecular formula is C11H13F3N2O3. The van der Waals surface area contributed by atoms with E-state index in [2.05, 4.69) is 14.5 Å².